The minimum atomic E-state index is 0.135. The Hall–Kier alpha value is -1.82. The van der Waals surface area contributed by atoms with E-state index in [1.165, 1.54) is 39.0 Å². The van der Waals surface area contributed by atoms with Gasteiger partial charge in [0.05, 0.1) is 0 Å². The lowest BCUT2D eigenvalue weighted by atomic mass is 9.84. The van der Waals surface area contributed by atoms with Crippen LogP contribution in [0.25, 0.3) is 5.57 Å². The number of aryl methyl sites for hydroxylation is 3. The van der Waals surface area contributed by atoms with Gasteiger partial charge in [0.25, 0.3) is 0 Å². The fourth-order valence-corrected chi connectivity index (χ4v) is 3.49. The first kappa shape index (κ1) is 19.5. The minimum Gasteiger partial charge on any atom is -0.0706 e. The van der Waals surface area contributed by atoms with Gasteiger partial charge in [-0.15, -0.1) is 0 Å². The summed E-state index contributed by atoms with van der Waals surface area (Å²) in [5, 5.41) is 0. The Morgan fingerprint density at radius 2 is 1.64 bits per heavy atom. The third kappa shape index (κ3) is 4.84. The van der Waals surface area contributed by atoms with Crippen LogP contribution in [0.1, 0.15) is 80.8 Å². The van der Waals surface area contributed by atoms with Crippen molar-refractivity contribution in [2.45, 2.75) is 67.7 Å². The first-order valence-corrected chi connectivity index (χ1v) is 9.56. The lowest BCUT2D eigenvalue weighted by Crippen LogP contribution is -2.04. The summed E-state index contributed by atoms with van der Waals surface area (Å²) < 4.78 is 0. The zero-order chi connectivity index (χ0) is 18.8. The highest BCUT2D eigenvalue weighted by molar-refractivity contribution is 5.82. The first-order valence-electron chi connectivity index (χ1n) is 9.56. The van der Waals surface area contributed by atoms with Crippen LogP contribution in [-0.4, -0.2) is 0 Å². The SMILES string of the molecule is CCc1ccc(/C(=C\C(C)(C)C)c2ccc(C(C)C)c(C)c2)c(C)c1. The van der Waals surface area contributed by atoms with Crippen LogP contribution in [-0.2, 0) is 6.42 Å². The molecule has 0 nitrogen and oxygen atoms in total. The van der Waals surface area contributed by atoms with Crippen molar-refractivity contribution in [1.29, 1.82) is 0 Å². The Morgan fingerprint density at radius 1 is 0.960 bits per heavy atom. The lowest BCUT2D eigenvalue weighted by Gasteiger charge is -2.20. The fourth-order valence-electron chi connectivity index (χ4n) is 3.49. The molecule has 0 unspecified atom stereocenters. The number of hydrogen-bond donors (Lipinski definition) is 0. The summed E-state index contributed by atoms with van der Waals surface area (Å²) in [6.45, 7) is 18.0. The summed E-state index contributed by atoms with van der Waals surface area (Å²) in [4.78, 5) is 0. The van der Waals surface area contributed by atoms with Crippen molar-refractivity contribution in [2.75, 3.05) is 0 Å². The summed E-state index contributed by atoms with van der Waals surface area (Å²) in [6.07, 6.45) is 3.51. The summed E-state index contributed by atoms with van der Waals surface area (Å²) in [5.41, 5.74) is 9.75. The second kappa shape index (κ2) is 7.60. The van der Waals surface area contributed by atoms with E-state index < -0.39 is 0 Å². The standard InChI is InChI=1S/C25H34/c1-9-20-10-12-23(18(4)14-20)24(16-25(6,7)8)21-11-13-22(17(2)3)19(5)15-21/h10-17H,9H2,1-8H3/b24-16-. The lowest BCUT2D eigenvalue weighted by molar-refractivity contribution is 0.546. The first-order chi connectivity index (χ1) is 11.6. The smallest absolute Gasteiger partial charge is 0.0143 e. The van der Waals surface area contributed by atoms with Crippen molar-refractivity contribution in [1.82, 2.24) is 0 Å². The molecule has 25 heavy (non-hydrogen) atoms. The van der Waals surface area contributed by atoms with Crippen LogP contribution < -0.4 is 0 Å². The summed E-state index contributed by atoms with van der Waals surface area (Å²) >= 11 is 0. The molecular formula is C25H34. The summed E-state index contributed by atoms with van der Waals surface area (Å²) in [7, 11) is 0. The molecule has 2 rings (SSSR count). The zero-order valence-corrected chi connectivity index (χ0v) is 17.3. The van der Waals surface area contributed by atoms with E-state index in [-0.39, 0.29) is 5.41 Å². The molecule has 2 aromatic rings. The summed E-state index contributed by atoms with van der Waals surface area (Å²) in [6, 6.07) is 13.9. The van der Waals surface area contributed by atoms with Gasteiger partial charge in [-0.25, -0.2) is 0 Å². The van der Waals surface area contributed by atoms with Gasteiger partial charge in [-0.2, -0.15) is 0 Å². The number of hydrogen-bond acceptors (Lipinski definition) is 0. The number of rotatable bonds is 4. The van der Waals surface area contributed by atoms with E-state index in [4.69, 9.17) is 0 Å². The molecule has 0 fully saturated rings. The van der Waals surface area contributed by atoms with Gasteiger partial charge in [0.15, 0.2) is 0 Å². The minimum absolute atomic E-state index is 0.135. The van der Waals surface area contributed by atoms with Crippen LogP contribution in [0.3, 0.4) is 0 Å². The highest BCUT2D eigenvalue weighted by Crippen LogP contribution is 2.33. The topological polar surface area (TPSA) is 0 Å². The maximum atomic E-state index is 2.42. The molecule has 0 amide bonds. The van der Waals surface area contributed by atoms with E-state index in [0.29, 0.717) is 5.92 Å². The van der Waals surface area contributed by atoms with Gasteiger partial charge in [-0.3, -0.25) is 0 Å². The van der Waals surface area contributed by atoms with E-state index >= 15 is 0 Å². The van der Waals surface area contributed by atoms with Gasteiger partial charge in [0, 0.05) is 0 Å². The molecule has 0 radical (unpaired) electrons. The average molecular weight is 335 g/mol. The number of benzene rings is 2. The maximum Gasteiger partial charge on any atom is -0.0143 e. The predicted octanol–water partition coefficient (Wildman–Crippen LogP) is 7.47. The van der Waals surface area contributed by atoms with Crippen LogP contribution in [0.4, 0.5) is 0 Å². The third-order valence-electron chi connectivity index (χ3n) is 4.77. The molecule has 0 aliphatic carbocycles. The molecule has 2 aromatic carbocycles. The molecule has 0 aromatic heterocycles. The van der Waals surface area contributed by atoms with E-state index in [1.807, 2.05) is 0 Å². The molecule has 0 aliphatic rings. The molecule has 0 saturated heterocycles. The van der Waals surface area contributed by atoms with Gasteiger partial charge < -0.3 is 0 Å². The average Bonchev–Trinajstić information content (AvgIpc) is 2.51. The third-order valence-corrected chi connectivity index (χ3v) is 4.77. The van der Waals surface area contributed by atoms with E-state index in [2.05, 4.69) is 97.9 Å². The second-order valence-corrected chi connectivity index (χ2v) is 8.65. The molecule has 0 aliphatic heterocycles. The maximum absolute atomic E-state index is 2.42. The fraction of sp³-hybridized carbons (Fsp3) is 0.440. The van der Waals surface area contributed by atoms with Gasteiger partial charge in [0.1, 0.15) is 0 Å². The van der Waals surface area contributed by atoms with E-state index in [0.717, 1.165) is 6.42 Å². The monoisotopic (exact) mass is 334 g/mol. The van der Waals surface area contributed by atoms with Gasteiger partial charge >= 0.3 is 0 Å². The van der Waals surface area contributed by atoms with Crippen molar-refractivity contribution in [2.24, 2.45) is 5.41 Å². The highest BCUT2D eigenvalue weighted by Gasteiger charge is 2.15. The molecule has 0 heterocycles. The normalized spacial score (nSPS) is 12.8. The molecule has 0 N–H and O–H groups in total. The summed E-state index contributed by atoms with van der Waals surface area (Å²) in [5.74, 6) is 0.565. The second-order valence-electron chi connectivity index (χ2n) is 8.65. The van der Waals surface area contributed by atoms with Crippen LogP contribution in [0, 0.1) is 19.3 Å². The number of allylic oxidation sites excluding steroid dienone is 1. The molecule has 0 atom stereocenters. The van der Waals surface area contributed by atoms with Gasteiger partial charge in [0.2, 0.25) is 0 Å². The van der Waals surface area contributed by atoms with Gasteiger partial charge in [-0.1, -0.05) is 84.0 Å². The van der Waals surface area contributed by atoms with Crippen molar-refractivity contribution in [3.63, 3.8) is 0 Å². The largest absolute Gasteiger partial charge is 0.0706 e. The zero-order valence-electron chi connectivity index (χ0n) is 17.3. The van der Waals surface area contributed by atoms with Crippen molar-refractivity contribution in [3.8, 4) is 0 Å². The molecule has 0 heteroatoms. The highest BCUT2D eigenvalue weighted by atomic mass is 14.2. The Morgan fingerprint density at radius 3 is 2.12 bits per heavy atom. The Labute approximate surface area is 155 Å². The Kier molecular flexibility index (Phi) is 5.93. The predicted molar refractivity (Wildman–Crippen MR) is 112 cm³/mol. The quantitative estimate of drug-likeness (QED) is 0.544. The molecule has 0 spiro atoms. The van der Waals surface area contributed by atoms with Crippen LogP contribution in [0.5, 0.6) is 0 Å². The molecule has 0 bridgehead atoms. The van der Waals surface area contributed by atoms with Crippen LogP contribution in [0.2, 0.25) is 0 Å². The Balaban J connectivity index is 2.63. The molecule has 134 valence electrons. The van der Waals surface area contributed by atoms with E-state index in [9.17, 15) is 0 Å². The molecule has 0 saturated carbocycles. The van der Waals surface area contributed by atoms with Crippen molar-refractivity contribution >= 4 is 5.57 Å². The van der Waals surface area contributed by atoms with Crippen LogP contribution >= 0.6 is 0 Å². The van der Waals surface area contributed by atoms with Gasteiger partial charge in [-0.05, 0) is 70.6 Å². The van der Waals surface area contributed by atoms with Crippen molar-refractivity contribution < 1.29 is 0 Å². The van der Waals surface area contributed by atoms with Crippen molar-refractivity contribution in [3.05, 3.63) is 75.9 Å². The van der Waals surface area contributed by atoms with Crippen LogP contribution in [0.15, 0.2) is 42.5 Å². The molecular weight excluding hydrogens is 300 g/mol. The Bertz CT molecular complexity index is 767. The van der Waals surface area contributed by atoms with E-state index in [1.54, 1.807) is 0 Å².